The van der Waals surface area contributed by atoms with Crippen molar-refractivity contribution in [3.05, 3.63) is 112 Å². The number of H-pyrrole nitrogens is 2. The lowest BCUT2D eigenvalue weighted by molar-refractivity contribution is 0.201. The molecule has 0 saturated carbocycles. The number of halogens is 1. The summed E-state index contributed by atoms with van der Waals surface area (Å²) in [6.45, 7) is 0.0914. The van der Waals surface area contributed by atoms with Crippen LogP contribution in [0.3, 0.4) is 0 Å². The number of aromatic amines is 2. The molecule has 1 atom stereocenters. The van der Waals surface area contributed by atoms with Crippen LogP contribution in [0.15, 0.2) is 89.9 Å². The molecule has 0 aliphatic rings. The van der Waals surface area contributed by atoms with E-state index < -0.39 is 11.7 Å². The Morgan fingerprint density at radius 3 is 2.35 bits per heavy atom. The van der Waals surface area contributed by atoms with E-state index >= 15 is 0 Å². The second-order valence-electron chi connectivity index (χ2n) is 8.49. The van der Waals surface area contributed by atoms with Gasteiger partial charge in [-0.3, -0.25) is 4.57 Å². The first-order valence-electron chi connectivity index (χ1n) is 11.8. The molecule has 2 aromatic heterocycles. The standard InChI is InChI=1S/C28H25ClN4O4/c29-21-10-6-19(7-11-21)23-17-30-26(31-23)24(16-18-4-2-1-3-5-18)33-27(35)25(32-28(33)36)20-8-12-22(13-9-20)37-15-14-34/h1-13,17,24,34-35H,14-16H2,(H,30,31)(H,32,36)/t24-/m0/s1. The molecule has 0 amide bonds. The van der Waals surface area contributed by atoms with E-state index in [0.717, 1.165) is 16.8 Å². The summed E-state index contributed by atoms with van der Waals surface area (Å²) >= 11 is 6.03. The summed E-state index contributed by atoms with van der Waals surface area (Å²) < 4.78 is 6.73. The van der Waals surface area contributed by atoms with Gasteiger partial charge in [-0.15, -0.1) is 0 Å². The Balaban J connectivity index is 1.54. The predicted octanol–water partition coefficient (Wildman–Crippen LogP) is 4.80. The average Bonchev–Trinajstić information content (AvgIpc) is 3.52. The number of benzene rings is 3. The number of hydrogen-bond acceptors (Lipinski definition) is 5. The SMILES string of the molecule is O=c1[nH]c(-c2ccc(OCCO)cc2)c(O)n1[C@@H](Cc1ccccc1)c1ncc(-c2ccc(Cl)cc2)[nH]1. The van der Waals surface area contributed by atoms with E-state index in [1.54, 1.807) is 42.6 Å². The smallest absolute Gasteiger partial charge is 0.329 e. The Bertz CT molecular complexity index is 1520. The van der Waals surface area contributed by atoms with Crippen molar-refractivity contribution in [3.63, 3.8) is 0 Å². The van der Waals surface area contributed by atoms with Crippen LogP contribution >= 0.6 is 11.6 Å². The lowest BCUT2D eigenvalue weighted by atomic mass is 10.0. The summed E-state index contributed by atoms with van der Waals surface area (Å²) in [5.74, 6) is 0.912. The minimum absolute atomic E-state index is 0.0893. The number of hydrogen-bond donors (Lipinski definition) is 4. The van der Waals surface area contributed by atoms with E-state index in [4.69, 9.17) is 21.4 Å². The first-order valence-corrected chi connectivity index (χ1v) is 12.1. The summed E-state index contributed by atoms with van der Waals surface area (Å²) in [7, 11) is 0. The molecule has 0 aliphatic carbocycles. The summed E-state index contributed by atoms with van der Waals surface area (Å²) in [5, 5.41) is 20.8. The number of aliphatic hydroxyl groups excluding tert-OH is 1. The topological polar surface area (TPSA) is 116 Å². The maximum absolute atomic E-state index is 13.2. The Labute approximate surface area is 217 Å². The van der Waals surface area contributed by atoms with Crippen molar-refractivity contribution in [1.29, 1.82) is 0 Å². The van der Waals surface area contributed by atoms with E-state index in [1.165, 1.54) is 4.57 Å². The van der Waals surface area contributed by atoms with Gasteiger partial charge >= 0.3 is 5.69 Å². The van der Waals surface area contributed by atoms with Crippen LogP contribution in [0.1, 0.15) is 17.4 Å². The fourth-order valence-corrected chi connectivity index (χ4v) is 4.37. The molecule has 3 aromatic carbocycles. The number of ether oxygens (including phenoxy) is 1. The zero-order valence-electron chi connectivity index (χ0n) is 19.8. The molecule has 0 radical (unpaired) electrons. The highest BCUT2D eigenvalue weighted by atomic mass is 35.5. The molecule has 0 aliphatic heterocycles. The summed E-state index contributed by atoms with van der Waals surface area (Å²) in [6.07, 6.45) is 2.13. The van der Waals surface area contributed by atoms with E-state index in [0.29, 0.717) is 34.3 Å². The van der Waals surface area contributed by atoms with Gasteiger partial charge in [-0.05, 0) is 47.5 Å². The summed E-state index contributed by atoms with van der Waals surface area (Å²) in [5.41, 5.74) is 3.10. The van der Waals surface area contributed by atoms with Gasteiger partial charge in [0, 0.05) is 17.0 Å². The molecule has 5 aromatic rings. The molecule has 0 fully saturated rings. The fourth-order valence-electron chi connectivity index (χ4n) is 4.24. The Hall–Kier alpha value is -4.27. The average molecular weight is 517 g/mol. The van der Waals surface area contributed by atoms with Gasteiger partial charge < -0.3 is 24.9 Å². The zero-order chi connectivity index (χ0) is 25.8. The molecular formula is C28H25ClN4O4. The van der Waals surface area contributed by atoms with Crippen LogP contribution in [-0.4, -0.2) is 42.9 Å². The third-order valence-corrected chi connectivity index (χ3v) is 6.31. The van der Waals surface area contributed by atoms with Gasteiger partial charge in [0.25, 0.3) is 0 Å². The molecule has 4 N–H and O–H groups in total. The van der Waals surface area contributed by atoms with Crippen molar-refractivity contribution in [1.82, 2.24) is 19.5 Å². The van der Waals surface area contributed by atoms with Crippen LogP contribution in [-0.2, 0) is 6.42 Å². The monoisotopic (exact) mass is 516 g/mol. The quantitative estimate of drug-likeness (QED) is 0.225. The number of aromatic hydroxyl groups is 1. The number of aliphatic hydroxyl groups is 1. The Kier molecular flexibility index (Phi) is 7.11. The fraction of sp³-hybridized carbons (Fsp3) is 0.143. The first-order chi connectivity index (χ1) is 18.0. The molecule has 0 saturated heterocycles. The largest absolute Gasteiger partial charge is 0.493 e. The van der Waals surface area contributed by atoms with Gasteiger partial charge in [0.05, 0.1) is 18.5 Å². The van der Waals surface area contributed by atoms with Crippen molar-refractivity contribution < 1.29 is 14.9 Å². The van der Waals surface area contributed by atoms with Crippen LogP contribution in [0.2, 0.25) is 5.02 Å². The van der Waals surface area contributed by atoms with Crippen LogP contribution in [0.5, 0.6) is 11.6 Å². The van der Waals surface area contributed by atoms with Crippen molar-refractivity contribution in [2.75, 3.05) is 13.2 Å². The number of rotatable bonds is 9. The van der Waals surface area contributed by atoms with Crippen LogP contribution < -0.4 is 10.4 Å². The third kappa shape index (κ3) is 5.30. The van der Waals surface area contributed by atoms with Gasteiger partial charge in [0.15, 0.2) is 0 Å². The molecule has 188 valence electrons. The second kappa shape index (κ2) is 10.8. The van der Waals surface area contributed by atoms with E-state index in [-0.39, 0.29) is 19.1 Å². The van der Waals surface area contributed by atoms with E-state index in [1.807, 2.05) is 42.5 Å². The zero-order valence-corrected chi connectivity index (χ0v) is 20.5. The van der Waals surface area contributed by atoms with E-state index in [9.17, 15) is 9.90 Å². The molecular weight excluding hydrogens is 492 g/mol. The van der Waals surface area contributed by atoms with Gasteiger partial charge in [-0.1, -0.05) is 54.1 Å². The highest BCUT2D eigenvalue weighted by Crippen LogP contribution is 2.33. The van der Waals surface area contributed by atoms with Crippen molar-refractivity contribution in [2.24, 2.45) is 0 Å². The molecule has 2 heterocycles. The van der Waals surface area contributed by atoms with Crippen molar-refractivity contribution in [2.45, 2.75) is 12.5 Å². The minimum atomic E-state index is -0.604. The second-order valence-corrected chi connectivity index (χ2v) is 8.93. The maximum Gasteiger partial charge on any atom is 0.329 e. The molecule has 0 bridgehead atoms. The molecule has 37 heavy (non-hydrogen) atoms. The maximum atomic E-state index is 13.2. The highest BCUT2D eigenvalue weighted by molar-refractivity contribution is 6.30. The summed E-state index contributed by atoms with van der Waals surface area (Å²) in [4.78, 5) is 23.9. The molecule has 5 rings (SSSR count). The molecule has 0 spiro atoms. The Morgan fingerprint density at radius 2 is 1.65 bits per heavy atom. The summed E-state index contributed by atoms with van der Waals surface area (Å²) in [6, 6.07) is 23.4. The predicted molar refractivity (Wildman–Crippen MR) is 142 cm³/mol. The van der Waals surface area contributed by atoms with Crippen LogP contribution in [0.4, 0.5) is 0 Å². The normalized spacial score (nSPS) is 11.9. The van der Waals surface area contributed by atoms with Crippen LogP contribution in [0, 0.1) is 0 Å². The van der Waals surface area contributed by atoms with Gasteiger partial charge in [-0.2, -0.15) is 0 Å². The third-order valence-electron chi connectivity index (χ3n) is 6.06. The number of nitrogens with one attached hydrogen (secondary N) is 2. The number of imidazole rings is 2. The van der Waals surface area contributed by atoms with Gasteiger partial charge in [-0.25, -0.2) is 9.78 Å². The minimum Gasteiger partial charge on any atom is -0.493 e. The van der Waals surface area contributed by atoms with Crippen molar-refractivity contribution >= 4 is 11.6 Å². The lowest BCUT2D eigenvalue weighted by Crippen LogP contribution is -2.25. The van der Waals surface area contributed by atoms with Gasteiger partial charge in [0.2, 0.25) is 5.88 Å². The Morgan fingerprint density at radius 1 is 0.946 bits per heavy atom. The van der Waals surface area contributed by atoms with Crippen molar-refractivity contribution in [3.8, 4) is 34.1 Å². The highest BCUT2D eigenvalue weighted by Gasteiger charge is 2.26. The first kappa shape index (κ1) is 24.4. The molecule has 0 unspecified atom stereocenters. The number of nitrogens with zero attached hydrogens (tertiary/aromatic N) is 2. The molecule has 8 nitrogen and oxygen atoms in total. The number of aromatic nitrogens is 4. The van der Waals surface area contributed by atoms with E-state index in [2.05, 4.69) is 15.0 Å². The molecule has 9 heteroatoms. The van der Waals surface area contributed by atoms with Crippen LogP contribution in [0.25, 0.3) is 22.5 Å². The lowest BCUT2D eigenvalue weighted by Gasteiger charge is -2.17. The van der Waals surface area contributed by atoms with Gasteiger partial charge in [0.1, 0.15) is 29.9 Å².